The van der Waals surface area contributed by atoms with Crippen molar-refractivity contribution in [2.24, 2.45) is 0 Å². The second-order valence-corrected chi connectivity index (χ2v) is 6.72. The average molecular weight is 375 g/mol. The zero-order valence-electron chi connectivity index (χ0n) is 13.6. The van der Waals surface area contributed by atoms with E-state index in [-0.39, 0.29) is 31.4 Å². The summed E-state index contributed by atoms with van der Waals surface area (Å²) in [5.41, 5.74) is 0. The highest BCUT2D eigenvalue weighted by Crippen LogP contribution is 2.19. The maximum atomic E-state index is 11.8. The lowest BCUT2D eigenvalue weighted by atomic mass is 10.1. The highest BCUT2D eigenvalue weighted by Gasteiger charge is 2.26. The van der Waals surface area contributed by atoms with Gasteiger partial charge in [0.1, 0.15) is 10.8 Å². The Kier molecular flexibility index (Phi) is 11.6. The molecule has 6 nitrogen and oxygen atoms in total. The maximum absolute atomic E-state index is 11.8. The third kappa shape index (κ3) is 13.3. The van der Waals surface area contributed by atoms with E-state index in [1.165, 1.54) is 11.9 Å². The van der Waals surface area contributed by atoms with E-state index in [2.05, 4.69) is 0 Å². The van der Waals surface area contributed by atoms with Gasteiger partial charge in [-0.3, -0.25) is 4.79 Å². The number of nitrogens with zero attached hydrogens (tertiary/aromatic N) is 1. The van der Waals surface area contributed by atoms with E-state index in [0.717, 1.165) is 12.8 Å². The van der Waals surface area contributed by atoms with Gasteiger partial charge in [-0.2, -0.15) is 13.2 Å². The summed E-state index contributed by atoms with van der Waals surface area (Å²) in [6.45, 7) is 0.0558. The van der Waals surface area contributed by atoms with Crippen molar-refractivity contribution in [3.8, 4) is 0 Å². The first-order chi connectivity index (χ1) is 11.1. The molecule has 0 fully saturated rings. The van der Waals surface area contributed by atoms with Gasteiger partial charge < -0.3 is 14.7 Å². The SMILES string of the molecule is CN(CCS(=O)C(=O)O)C(=O)CCCCCCOCCC(F)(F)F. The molecule has 0 aliphatic heterocycles. The molecule has 10 heteroatoms. The first kappa shape index (κ1) is 22.8. The largest absolute Gasteiger partial charge is 0.471 e. The topological polar surface area (TPSA) is 83.9 Å². The van der Waals surface area contributed by atoms with E-state index >= 15 is 0 Å². The number of carboxylic acid groups (broad SMARTS) is 1. The fourth-order valence-electron chi connectivity index (χ4n) is 1.75. The quantitative estimate of drug-likeness (QED) is 0.530. The van der Waals surface area contributed by atoms with Crippen LogP contribution in [-0.2, 0) is 20.3 Å². The van der Waals surface area contributed by atoms with Crippen molar-refractivity contribution < 1.29 is 36.8 Å². The second kappa shape index (κ2) is 12.2. The van der Waals surface area contributed by atoms with Gasteiger partial charge in [-0.25, -0.2) is 9.00 Å². The minimum Gasteiger partial charge on any atom is -0.471 e. The number of hydrogen-bond acceptors (Lipinski definition) is 4. The molecule has 142 valence electrons. The Morgan fingerprint density at radius 1 is 1.12 bits per heavy atom. The predicted molar refractivity (Wildman–Crippen MR) is 83.2 cm³/mol. The van der Waals surface area contributed by atoms with Crippen molar-refractivity contribution in [2.75, 3.05) is 32.6 Å². The number of alkyl halides is 3. The Labute approximate surface area is 141 Å². The number of halogens is 3. The minimum absolute atomic E-state index is 0.104. The van der Waals surface area contributed by atoms with Gasteiger partial charge >= 0.3 is 11.5 Å². The van der Waals surface area contributed by atoms with Crippen molar-refractivity contribution >= 4 is 22.0 Å². The standard InChI is InChI=1S/C14H24F3NO5S/c1-18(8-11-24(22)13(20)21)12(19)6-4-2-3-5-9-23-10-7-14(15,16)17/h2-11H2,1H3,(H,20,21). The summed E-state index contributed by atoms with van der Waals surface area (Å²) in [5.74, 6) is -0.258. The molecule has 0 saturated carbocycles. The normalized spacial score (nSPS) is 12.8. The van der Waals surface area contributed by atoms with Crippen LogP contribution >= 0.6 is 0 Å². The first-order valence-corrected chi connectivity index (χ1v) is 8.95. The molecule has 0 aromatic carbocycles. The summed E-state index contributed by atoms with van der Waals surface area (Å²) in [7, 11) is -0.465. The predicted octanol–water partition coefficient (Wildman–Crippen LogP) is 2.79. The first-order valence-electron chi connectivity index (χ1n) is 7.63. The molecule has 0 aromatic rings. The number of ether oxygens (including phenoxy) is 1. The van der Waals surface area contributed by atoms with Crippen LogP contribution in [0.2, 0.25) is 0 Å². The molecule has 0 aromatic heterocycles. The molecule has 24 heavy (non-hydrogen) atoms. The lowest BCUT2D eigenvalue weighted by Crippen LogP contribution is -2.31. The highest BCUT2D eigenvalue weighted by atomic mass is 32.2. The van der Waals surface area contributed by atoms with E-state index in [9.17, 15) is 27.0 Å². The molecule has 0 bridgehead atoms. The monoisotopic (exact) mass is 375 g/mol. The Balaban J connectivity index is 3.55. The van der Waals surface area contributed by atoms with Crippen molar-refractivity contribution in [3.63, 3.8) is 0 Å². The number of amides is 1. The lowest BCUT2D eigenvalue weighted by Gasteiger charge is -2.16. The van der Waals surface area contributed by atoms with Gasteiger partial charge in [0.15, 0.2) is 0 Å². The number of rotatable bonds is 12. The van der Waals surface area contributed by atoms with Crippen LogP contribution in [0.15, 0.2) is 0 Å². The van der Waals surface area contributed by atoms with Crippen LogP contribution in [0.4, 0.5) is 18.0 Å². The van der Waals surface area contributed by atoms with Crippen molar-refractivity contribution in [1.82, 2.24) is 4.90 Å². The molecule has 0 aliphatic carbocycles. The summed E-state index contributed by atoms with van der Waals surface area (Å²) < 4.78 is 51.5. The molecule has 0 spiro atoms. The van der Waals surface area contributed by atoms with Gasteiger partial charge in [0, 0.05) is 26.6 Å². The van der Waals surface area contributed by atoms with Crippen LogP contribution in [0.3, 0.4) is 0 Å². The summed E-state index contributed by atoms with van der Waals surface area (Å²) >= 11 is 0. The average Bonchev–Trinajstić information content (AvgIpc) is 2.48. The number of carbonyl (C=O) groups is 2. The number of unbranched alkanes of at least 4 members (excludes halogenated alkanes) is 3. The second-order valence-electron chi connectivity index (χ2n) is 5.27. The van der Waals surface area contributed by atoms with Gasteiger partial charge in [-0.1, -0.05) is 12.8 Å². The summed E-state index contributed by atoms with van der Waals surface area (Å²) in [6.07, 6.45) is -2.06. The van der Waals surface area contributed by atoms with Crippen LogP contribution in [0.5, 0.6) is 0 Å². The summed E-state index contributed by atoms with van der Waals surface area (Å²) in [5, 5.41) is 7.09. The summed E-state index contributed by atoms with van der Waals surface area (Å²) in [4.78, 5) is 23.5. The van der Waals surface area contributed by atoms with Gasteiger partial charge in [0.25, 0.3) is 0 Å². The Morgan fingerprint density at radius 2 is 1.75 bits per heavy atom. The van der Waals surface area contributed by atoms with Crippen LogP contribution in [0.1, 0.15) is 38.5 Å². The molecular formula is C14H24F3NO5S. The summed E-state index contributed by atoms with van der Waals surface area (Å²) in [6, 6.07) is 0. The van der Waals surface area contributed by atoms with E-state index in [1.807, 2.05) is 0 Å². The molecule has 1 N–H and O–H groups in total. The fraction of sp³-hybridized carbons (Fsp3) is 0.857. The van der Waals surface area contributed by atoms with E-state index in [0.29, 0.717) is 19.3 Å². The molecule has 0 saturated heterocycles. The van der Waals surface area contributed by atoms with Crippen molar-refractivity contribution in [2.45, 2.75) is 44.7 Å². The van der Waals surface area contributed by atoms with Crippen LogP contribution in [-0.4, -0.2) is 64.2 Å². The molecule has 1 amide bonds. The Morgan fingerprint density at radius 3 is 2.33 bits per heavy atom. The smallest absolute Gasteiger partial charge is 0.395 e. The molecule has 0 heterocycles. The molecule has 0 radical (unpaired) electrons. The fourth-order valence-corrected chi connectivity index (χ4v) is 2.36. The minimum atomic E-state index is -4.19. The van der Waals surface area contributed by atoms with Gasteiger partial charge in [0.05, 0.1) is 18.8 Å². The molecule has 1 unspecified atom stereocenters. The number of hydrogen-bond donors (Lipinski definition) is 1. The van der Waals surface area contributed by atoms with Crippen LogP contribution in [0, 0.1) is 0 Å². The highest BCUT2D eigenvalue weighted by molar-refractivity contribution is 7.99. The van der Waals surface area contributed by atoms with Gasteiger partial charge in [-0.15, -0.1) is 0 Å². The Bertz CT molecular complexity index is 418. The zero-order valence-corrected chi connectivity index (χ0v) is 14.5. The van der Waals surface area contributed by atoms with Gasteiger partial charge in [0.2, 0.25) is 5.91 Å². The Hall–Kier alpha value is -1.16. The van der Waals surface area contributed by atoms with E-state index in [4.69, 9.17) is 9.84 Å². The molecule has 0 rings (SSSR count). The lowest BCUT2D eigenvalue weighted by molar-refractivity contribution is -0.145. The molecule has 1 atom stereocenters. The zero-order chi connectivity index (χ0) is 18.6. The maximum Gasteiger partial charge on any atom is 0.395 e. The third-order valence-corrected chi connectivity index (χ3v) is 4.13. The number of carbonyl (C=O) groups excluding carboxylic acids is 1. The molecular weight excluding hydrogens is 351 g/mol. The van der Waals surface area contributed by atoms with Crippen molar-refractivity contribution in [1.29, 1.82) is 0 Å². The van der Waals surface area contributed by atoms with Gasteiger partial charge in [-0.05, 0) is 12.8 Å². The third-order valence-electron chi connectivity index (χ3n) is 3.19. The van der Waals surface area contributed by atoms with Crippen LogP contribution < -0.4 is 0 Å². The van der Waals surface area contributed by atoms with Crippen molar-refractivity contribution in [3.05, 3.63) is 0 Å². The molecule has 0 aliphatic rings. The van der Waals surface area contributed by atoms with Crippen LogP contribution in [0.25, 0.3) is 0 Å². The van der Waals surface area contributed by atoms with E-state index in [1.54, 1.807) is 0 Å². The van der Waals surface area contributed by atoms with E-state index < -0.39 is 28.7 Å².